The molecule has 116 valence electrons. The fraction of sp³-hybridized carbons (Fsp3) is 0.278. The zero-order valence-corrected chi connectivity index (χ0v) is 14.1. The molecule has 0 fully saturated rings. The Bertz CT molecular complexity index is 569. The van der Waals surface area contributed by atoms with Crippen LogP contribution in [0.1, 0.15) is 17.5 Å². The molecule has 0 aliphatic rings. The molecule has 0 saturated heterocycles. The molecule has 0 atom stereocenters. The van der Waals surface area contributed by atoms with Crippen molar-refractivity contribution in [2.45, 2.75) is 19.3 Å². The maximum Gasteiger partial charge on any atom is 0.314 e. The first-order chi connectivity index (χ1) is 10.7. The van der Waals surface area contributed by atoms with Crippen molar-refractivity contribution in [1.29, 1.82) is 0 Å². The fourth-order valence-electron chi connectivity index (χ4n) is 2.17. The van der Waals surface area contributed by atoms with Gasteiger partial charge in [0.15, 0.2) is 0 Å². The predicted molar refractivity (Wildman–Crippen MR) is 94.0 cm³/mol. The van der Waals surface area contributed by atoms with Crippen LogP contribution in [0.4, 0.5) is 4.79 Å². The van der Waals surface area contributed by atoms with E-state index in [2.05, 4.69) is 50.8 Å². The fourth-order valence-corrected chi connectivity index (χ4v) is 2.44. The van der Waals surface area contributed by atoms with Crippen molar-refractivity contribution in [3.63, 3.8) is 0 Å². The van der Waals surface area contributed by atoms with E-state index in [-0.39, 0.29) is 6.03 Å². The lowest BCUT2D eigenvalue weighted by Crippen LogP contribution is -2.37. The molecule has 0 bridgehead atoms. The number of benzene rings is 2. The molecule has 0 radical (unpaired) electrons. The van der Waals surface area contributed by atoms with Crippen molar-refractivity contribution < 1.29 is 4.79 Å². The van der Waals surface area contributed by atoms with Crippen molar-refractivity contribution in [3.05, 3.63) is 70.2 Å². The van der Waals surface area contributed by atoms with E-state index in [0.29, 0.717) is 13.1 Å². The normalized spacial score (nSPS) is 10.2. The van der Waals surface area contributed by atoms with Gasteiger partial charge in [0.25, 0.3) is 0 Å². The molecule has 2 rings (SSSR count). The van der Waals surface area contributed by atoms with E-state index in [1.807, 2.05) is 30.3 Å². The predicted octanol–water partition coefficient (Wildman–Crippen LogP) is 3.92. The highest BCUT2D eigenvalue weighted by Gasteiger charge is 2.00. The summed E-state index contributed by atoms with van der Waals surface area (Å²) >= 11 is 3.41. The van der Waals surface area contributed by atoms with Crippen LogP contribution in [-0.2, 0) is 12.8 Å². The highest BCUT2D eigenvalue weighted by Crippen LogP contribution is 2.10. The zero-order valence-electron chi connectivity index (χ0n) is 12.5. The number of hydrogen-bond donors (Lipinski definition) is 2. The van der Waals surface area contributed by atoms with Crippen LogP contribution in [0.5, 0.6) is 0 Å². The van der Waals surface area contributed by atoms with Crippen molar-refractivity contribution in [1.82, 2.24) is 10.6 Å². The first-order valence-corrected chi connectivity index (χ1v) is 8.33. The highest BCUT2D eigenvalue weighted by atomic mass is 79.9. The Balaban J connectivity index is 1.55. The van der Waals surface area contributed by atoms with E-state index in [9.17, 15) is 4.79 Å². The van der Waals surface area contributed by atoms with Crippen molar-refractivity contribution >= 4 is 22.0 Å². The molecular weight excluding hydrogens is 340 g/mol. The molecule has 0 aliphatic carbocycles. The Morgan fingerprint density at radius 2 is 1.45 bits per heavy atom. The first kappa shape index (κ1) is 16.6. The summed E-state index contributed by atoms with van der Waals surface area (Å²) in [4.78, 5) is 11.7. The molecule has 0 saturated carbocycles. The van der Waals surface area contributed by atoms with Gasteiger partial charge in [0.05, 0.1) is 0 Å². The number of rotatable bonds is 7. The van der Waals surface area contributed by atoms with Crippen molar-refractivity contribution in [2.75, 3.05) is 13.1 Å². The van der Waals surface area contributed by atoms with Crippen LogP contribution in [0.3, 0.4) is 0 Å². The standard InChI is InChI=1S/C18H21BrN2O/c19-17-10-8-16(9-11-17)12-14-21-18(22)20-13-4-7-15-5-2-1-3-6-15/h1-3,5-6,8-11H,4,7,12-14H2,(H2,20,21,22). The molecule has 22 heavy (non-hydrogen) atoms. The summed E-state index contributed by atoms with van der Waals surface area (Å²) in [5.74, 6) is 0. The molecule has 0 unspecified atom stereocenters. The molecule has 2 amide bonds. The van der Waals surface area contributed by atoms with E-state index >= 15 is 0 Å². The molecule has 0 aromatic heterocycles. The van der Waals surface area contributed by atoms with Gasteiger partial charge in [-0.2, -0.15) is 0 Å². The Morgan fingerprint density at radius 3 is 2.18 bits per heavy atom. The van der Waals surface area contributed by atoms with Crippen LogP contribution in [0.15, 0.2) is 59.1 Å². The van der Waals surface area contributed by atoms with Gasteiger partial charge in [-0.25, -0.2) is 4.79 Å². The van der Waals surface area contributed by atoms with Crippen molar-refractivity contribution in [2.24, 2.45) is 0 Å². The van der Waals surface area contributed by atoms with E-state index in [0.717, 1.165) is 23.7 Å². The van der Waals surface area contributed by atoms with Crippen LogP contribution in [0, 0.1) is 0 Å². The average Bonchev–Trinajstić information content (AvgIpc) is 2.54. The van der Waals surface area contributed by atoms with Gasteiger partial charge in [-0.1, -0.05) is 58.4 Å². The lowest BCUT2D eigenvalue weighted by Gasteiger charge is -2.08. The number of halogens is 1. The van der Waals surface area contributed by atoms with E-state index in [1.54, 1.807) is 0 Å². The Kier molecular flexibility index (Phi) is 6.97. The molecule has 2 N–H and O–H groups in total. The average molecular weight is 361 g/mol. The molecule has 0 heterocycles. The largest absolute Gasteiger partial charge is 0.338 e. The molecule has 2 aromatic carbocycles. The van der Waals surface area contributed by atoms with E-state index in [4.69, 9.17) is 0 Å². The Labute approximate surface area is 140 Å². The van der Waals surface area contributed by atoms with Gasteiger partial charge >= 0.3 is 6.03 Å². The van der Waals surface area contributed by atoms with Gasteiger partial charge in [0.2, 0.25) is 0 Å². The number of aryl methyl sites for hydroxylation is 1. The summed E-state index contributed by atoms with van der Waals surface area (Å²) in [5.41, 5.74) is 2.52. The zero-order chi connectivity index (χ0) is 15.6. The SMILES string of the molecule is O=C(NCCCc1ccccc1)NCCc1ccc(Br)cc1. The summed E-state index contributed by atoms with van der Waals surface area (Å²) in [5, 5.41) is 5.77. The van der Waals surface area contributed by atoms with Crippen molar-refractivity contribution in [3.8, 4) is 0 Å². The Hall–Kier alpha value is -1.81. The molecular formula is C18H21BrN2O. The number of nitrogens with one attached hydrogen (secondary N) is 2. The number of hydrogen-bond acceptors (Lipinski definition) is 1. The second kappa shape index (κ2) is 9.26. The maximum atomic E-state index is 11.7. The monoisotopic (exact) mass is 360 g/mol. The van der Waals surface area contributed by atoms with Gasteiger partial charge in [-0.3, -0.25) is 0 Å². The third-order valence-electron chi connectivity index (χ3n) is 3.38. The highest BCUT2D eigenvalue weighted by molar-refractivity contribution is 9.10. The third kappa shape index (κ3) is 6.31. The Morgan fingerprint density at radius 1 is 0.818 bits per heavy atom. The molecule has 4 heteroatoms. The summed E-state index contributed by atoms with van der Waals surface area (Å²) in [6.07, 6.45) is 2.77. The summed E-state index contributed by atoms with van der Waals surface area (Å²) < 4.78 is 1.07. The minimum absolute atomic E-state index is 0.0924. The lowest BCUT2D eigenvalue weighted by atomic mass is 10.1. The number of amides is 2. The molecule has 0 aliphatic heterocycles. The van der Waals surface area contributed by atoms with Crippen LogP contribution in [0.2, 0.25) is 0 Å². The topological polar surface area (TPSA) is 41.1 Å². The van der Waals surface area contributed by atoms with Crippen LogP contribution >= 0.6 is 15.9 Å². The van der Waals surface area contributed by atoms with Gasteiger partial charge in [0.1, 0.15) is 0 Å². The van der Waals surface area contributed by atoms with Crippen LogP contribution in [0.25, 0.3) is 0 Å². The lowest BCUT2D eigenvalue weighted by molar-refractivity contribution is 0.241. The van der Waals surface area contributed by atoms with Gasteiger partial charge < -0.3 is 10.6 Å². The molecule has 3 nitrogen and oxygen atoms in total. The van der Waals surface area contributed by atoms with Gasteiger partial charge in [-0.05, 0) is 42.5 Å². The molecule has 0 spiro atoms. The summed E-state index contributed by atoms with van der Waals surface area (Å²) in [6.45, 7) is 1.34. The second-order valence-electron chi connectivity index (χ2n) is 5.15. The quantitative estimate of drug-likeness (QED) is 0.721. The number of carbonyl (C=O) groups excluding carboxylic acids is 1. The first-order valence-electron chi connectivity index (χ1n) is 7.54. The summed E-state index contributed by atoms with van der Waals surface area (Å²) in [6, 6.07) is 18.4. The third-order valence-corrected chi connectivity index (χ3v) is 3.91. The van der Waals surface area contributed by atoms with Crippen LogP contribution in [-0.4, -0.2) is 19.1 Å². The molecule has 2 aromatic rings. The minimum atomic E-state index is -0.0924. The van der Waals surface area contributed by atoms with Crippen LogP contribution < -0.4 is 10.6 Å². The smallest absolute Gasteiger partial charge is 0.314 e. The van der Waals surface area contributed by atoms with Gasteiger partial charge in [-0.15, -0.1) is 0 Å². The number of carbonyl (C=O) groups is 1. The van der Waals surface area contributed by atoms with E-state index in [1.165, 1.54) is 11.1 Å². The number of urea groups is 1. The second-order valence-corrected chi connectivity index (χ2v) is 6.06. The summed E-state index contributed by atoms with van der Waals surface area (Å²) in [7, 11) is 0. The van der Waals surface area contributed by atoms with E-state index < -0.39 is 0 Å². The van der Waals surface area contributed by atoms with Gasteiger partial charge in [0, 0.05) is 17.6 Å². The maximum absolute atomic E-state index is 11.7. The minimum Gasteiger partial charge on any atom is -0.338 e.